The lowest BCUT2D eigenvalue weighted by Gasteiger charge is -2.02. The largest absolute Gasteiger partial charge is 0.348 e. The fourth-order valence-electron chi connectivity index (χ4n) is 1.83. The van der Waals surface area contributed by atoms with Crippen LogP contribution < -0.4 is 10.9 Å². The average Bonchev–Trinajstić information content (AvgIpc) is 2.70. The molecule has 1 amide bonds. The van der Waals surface area contributed by atoms with Gasteiger partial charge in [0.05, 0.1) is 10.3 Å². The third-order valence-corrected chi connectivity index (χ3v) is 4.19. The predicted molar refractivity (Wildman–Crippen MR) is 76.9 cm³/mol. The van der Waals surface area contributed by atoms with Gasteiger partial charge in [-0.3, -0.25) is 14.2 Å². The maximum absolute atomic E-state index is 12.2. The van der Waals surface area contributed by atoms with Crippen molar-refractivity contribution in [2.24, 2.45) is 7.05 Å². The van der Waals surface area contributed by atoms with Crippen LogP contribution >= 0.6 is 11.3 Å². The minimum absolute atomic E-state index is 0.112. The summed E-state index contributed by atoms with van der Waals surface area (Å²) in [6.45, 7) is 7.50. The van der Waals surface area contributed by atoms with E-state index in [1.807, 2.05) is 0 Å². The fraction of sp³-hybridized carbons (Fsp3) is 0.308. The lowest BCUT2D eigenvalue weighted by atomic mass is 10.2. The van der Waals surface area contributed by atoms with Crippen molar-refractivity contribution >= 4 is 27.5 Å². The SMILES string of the molecule is C=CCNC(=O)c1sc2nc(C)n(C)c(=O)c2c1C. The van der Waals surface area contributed by atoms with Gasteiger partial charge < -0.3 is 5.32 Å². The molecular weight excluding hydrogens is 262 g/mol. The number of thiophene rings is 1. The Labute approximate surface area is 114 Å². The second-order valence-corrected chi connectivity index (χ2v) is 5.26. The normalized spacial score (nSPS) is 10.7. The van der Waals surface area contributed by atoms with Crippen LogP contribution in [0.5, 0.6) is 0 Å². The summed E-state index contributed by atoms with van der Waals surface area (Å²) in [4.78, 5) is 29.7. The number of carbonyl (C=O) groups excluding carboxylic acids is 1. The molecule has 0 bridgehead atoms. The van der Waals surface area contributed by atoms with Gasteiger partial charge in [0, 0.05) is 13.6 Å². The predicted octanol–water partition coefficient (Wildman–Crippen LogP) is 1.53. The van der Waals surface area contributed by atoms with E-state index in [2.05, 4.69) is 16.9 Å². The zero-order valence-corrected chi connectivity index (χ0v) is 11.9. The van der Waals surface area contributed by atoms with E-state index in [1.54, 1.807) is 27.0 Å². The van der Waals surface area contributed by atoms with Crippen LogP contribution in [-0.2, 0) is 7.05 Å². The molecule has 0 spiro atoms. The molecule has 0 saturated carbocycles. The Morgan fingerprint density at radius 3 is 2.84 bits per heavy atom. The first-order valence-corrected chi connectivity index (χ1v) is 6.64. The van der Waals surface area contributed by atoms with Gasteiger partial charge in [-0.1, -0.05) is 6.08 Å². The van der Waals surface area contributed by atoms with Gasteiger partial charge in [0.15, 0.2) is 0 Å². The maximum Gasteiger partial charge on any atom is 0.262 e. The van der Waals surface area contributed by atoms with Gasteiger partial charge in [0.25, 0.3) is 11.5 Å². The molecule has 0 unspecified atom stereocenters. The summed E-state index contributed by atoms with van der Waals surface area (Å²) in [7, 11) is 1.68. The van der Waals surface area contributed by atoms with E-state index in [9.17, 15) is 9.59 Å². The highest BCUT2D eigenvalue weighted by molar-refractivity contribution is 7.20. The van der Waals surface area contributed by atoms with Crippen molar-refractivity contribution in [3.63, 3.8) is 0 Å². The smallest absolute Gasteiger partial charge is 0.262 e. The van der Waals surface area contributed by atoms with E-state index < -0.39 is 0 Å². The summed E-state index contributed by atoms with van der Waals surface area (Å²) < 4.78 is 1.49. The minimum Gasteiger partial charge on any atom is -0.348 e. The van der Waals surface area contributed by atoms with Gasteiger partial charge in [0.2, 0.25) is 0 Å². The Hall–Kier alpha value is -1.95. The number of carbonyl (C=O) groups is 1. The van der Waals surface area contributed by atoms with Crippen LogP contribution in [0.3, 0.4) is 0 Å². The molecule has 2 rings (SSSR count). The number of nitrogens with one attached hydrogen (secondary N) is 1. The van der Waals surface area contributed by atoms with Crippen molar-refractivity contribution in [1.29, 1.82) is 0 Å². The zero-order valence-electron chi connectivity index (χ0n) is 11.1. The third kappa shape index (κ3) is 2.19. The highest BCUT2D eigenvalue weighted by atomic mass is 32.1. The van der Waals surface area contributed by atoms with Crippen molar-refractivity contribution in [3.05, 3.63) is 39.3 Å². The number of amides is 1. The van der Waals surface area contributed by atoms with E-state index >= 15 is 0 Å². The van der Waals surface area contributed by atoms with E-state index in [0.717, 1.165) is 0 Å². The van der Waals surface area contributed by atoms with E-state index in [0.29, 0.717) is 33.0 Å². The Bertz CT molecular complexity index is 728. The highest BCUT2D eigenvalue weighted by Gasteiger charge is 2.19. The molecule has 0 aliphatic rings. The third-order valence-electron chi connectivity index (χ3n) is 3.01. The second-order valence-electron chi connectivity index (χ2n) is 4.26. The summed E-state index contributed by atoms with van der Waals surface area (Å²) in [5.41, 5.74) is 0.577. The standard InChI is InChI=1S/C13H15N3O2S/c1-5-6-14-11(17)10-7(2)9-12(19-10)15-8(3)16(4)13(9)18/h5H,1,6H2,2-4H3,(H,14,17). The van der Waals surface area contributed by atoms with Crippen molar-refractivity contribution in [1.82, 2.24) is 14.9 Å². The van der Waals surface area contributed by atoms with Crippen LogP contribution in [0.1, 0.15) is 21.1 Å². The van der Waals surface area contributed by atoms with Gasteiger partial charge in [-0.05, 0) is 19.4 Å². The number of hydrogen-bond acceptors (Lipinski definition) is 4. The average molecular weight is 277 g/mol. The molecule has 0 radical (unpaired) electrons. The Balaban J connectivity index is 2.64. The molecule has 2 aromatic heterocycles. The first kappa shape index (κ1) is 13.5. The minimum atomic E-state index is -0.194. The number of aryl methyl sites for hydroxylation is 2. The highest BCUT2D eigenvalue weighted by Crippen LogP contribution is 2.27. The zero-order chi connectivity index (χ0) is 14.2. The first-order chi connectivity index (χ1) is 8.97. The Morgan fingerprint density at radius 2 is 2.21 bits per heavy atom. The van der Waals surface area contributed by atoms with Gasteiger partial charge in [-0.25, -0.2) is 4.98 Å². The molecule has 2 heterocycles. The van der Waals surface area contributed by atoms with E-state index in [4.69, 9.17) is 0 Å². The molecule has 1 N–H and O–H groups in total. The van der Waals surface area contributed by atoms with Crippen LogP contribution in [0, 0.1) is 13.8 Å². The molecule has 0 fully saturated rings. The van der Waals surface area contributed by atoms with Gasteiger partial charge in [0.1, 0.15) is 10.7 Å². The van der Waals surface area contributed by atoms with Gasteiger partial charge >= 0.3 is 0 Å². The number of hydrogen-bond donors (Lipinski definition) is 1. The molecule has 0 aromatic carbocycles. The van der Waals surface area contributed by atoms with Crippen LogP contribution in [0.15, 0.2) is 17.4 Å². The summed E-state index contributed by atoms with van der Waals surface area (Å²) >= 11 is 1.25. The molecule has 0 saturated heterocycles. The summed E-state index contributed by atoms with van der Waals surface area (Å²) in [5.74, 6) is 0.442. The number of rotatable bonds is 3. The topological polar surface area (TPSA) is 64.0 Å². The first-order valence-electron chi connectivity index (χ1n) is 5.83. The Kier molecular flexibility index (Phi) is 3.53. The summed E-state index contributed by atoms with van der Waals surface area (Å²) in [6, 6.07) is 0. The Morgan fingerprint density at radius 1 is 1.53 bits per heavy atom. The monoisotopic (exact) mass is 277 g/mol. The summed E-state index contributed by atoms with van der Waals surface area (Å²) in [5, 5.41) is 3.25. The number of aromatic nitrogens is 2. The fourth-order valence-corrected chi connectivity index (χ4v) is 2.96. The molecule has 2 aromatic rings. The molecule has 0 atom stereocenters. The molecule has 0 aliphatic carbocycles. The lowest BCUT2D eigenvalue weighted by molar-refractivity contribution is 0.0961. The lowest BCUT2D eigenvalue weighted by Crippen LogP contribution is -2.23. The van der Waals surface area contributed by atoms with Crippen LogP contribution in [0.2, 0.25) is 0 Å². The van der Waals surface area contributed by atoms with Crippen molar-refractivity contribution < 1.29 is 4.79 Å². The second kappa shape index (κ2) is 4.97. The van der Waals surface area contributed by atoms with Gasteiger partial charge in [-0.2, -0.15) is 0 Å². The van der Waals surface area contributed by atoms with Crippen LogP contribution in [-0.4, -0.2) is 22.0 Å². The summed E-state index contributed by atoms with van der Waals surface area (Å²) in [6.07, 6.45) is 1.61. The van der Waals surface area contributed by atoms with Crippen molar-refractivity contribution in [3.8, 4) is 0 Å². The quantitative estimate of drug-likeness (QED) is 0.865. The van der Waals surface area contributed by atoms with Crippen LogP contribution in [0.4, 0.5) is 0 Å². The molecule has 0 aliphatic heterocycles. The maximum atomic E-state index is 12.2. The van der Waals surface area contributed by atoms with Crippen molar-refractivity contribution in [2.45, 2.75) is 13.8 Å². The van der Waals surface area contributed by atoms with E-state index in [1.165, 1.54) is 15.9 Å². The van der Waals surface area contributed by atoms with E-state index in [-0.39, 0.29) is 11.5 Å². The number of fused-ring (bicyclic) bond motifs is 1. The molecule has 6 heteroatoms. The number of nitrogens with zero attached hydrogens (tertiary/aromatic N) is 2. The molecule has 19 heavy (non-hydrogen) atoms. The van der Waals surface area contributed by atoms with Crippen LogP contribution in [0.25, 0.3) is 10.2 Å². The molecule has 100 valence electrons. The van der Waals surface area contributed by atoms with Gasteiger partial charge in [-0.15, -0.1) is 17.9 Å². The molecular formula is C13H15N3O2S. The van der Waals surface area contributed by atoms with Crippen molar-refractivity contribution in [2.75, 3.05) is 6.54 Å². The molecule has 5 nitrogen and oxygen atoms in total.